The van der Waals surface area contributed by atoms with Crippen molar-refractivity contribution >= 4 is 40.9 Å². The lowest BCUT2D eigenvalue weighted by Gasteiger charge is -2.41. The molecule has 1 saturated heterocycles. The first-order chi connectivity index (χ1) is 16.9. The molecule has 12 heteroatoms. The van der Waals surface area contributed by atoms with Crippen molar-refractivity contribution in [3.63, 3.8) is 0 Å². The second-order valence-electron chi connectivity index (χ2n) is 9.85. The van der Waals surface area contributed by atoms with Crippen molar-refractivity contribution in [2.24, 2.45) is 4.99 Å². The minimum atomic E-state index is -4.99. The first-order valence-corrected chi connectivity index (χ1v) is 13.5. The molecular formula is C25H32ClF6N3OS. The summed E-state index contributed by atoms with van der Waals surface area (Å²) in [6.07, 6.45) is -0.666. The molecule has 1 aliphatic heterocycles. The van der Waals surface area contributed by atoms with Gasteiger partial charge in [-0.2, -0.15) is 26.3 Å². The SMILES string of the molecule is CC(=O)N(c1cc(C(F)(F)F)cc(C(F)(F)F)c1)C1CSC(=NC2CCCCC2)N1C1CCCCC1.Cl. The van der Waals surface area contributed by atoms with Gasteiger partial charge in [-0.25, -0.2) is 0 Å². The monoisotopic (exact) mass is 571 g/mol. The molecule has 37 heavy (non-hydrogen) atoms. The van der Waals surface area contributed by atoms with E-state index in [0.29, 0.717) is 17.9 Å². The number of thioether (sulfide) groups is 1. The van der Waals surface area contributed by atoms with Crippen molar-refractivity contribution in [3.8, 4) is 0 Å². The number of carbonyl (C=O) groups is 1. The molecule has 3 fully saturated rings. The molecule has 4 rings (SSSR count). The number of amides is 1. The summed E-state index contributed by atoms with van der Waals surface area (Å²) in [5, 5.41) is 0.757. The van der Waals surface area contributed by atoms with Gasteiger partial charge in [0.05, 0.1) is 17.2 Å². The van der Waals surface area contributed by atoms with E-state index < -0.39 is 41.2 Å². The van der Waals surface area contributed by atoms with Gasteiger partial charge < -0.3 is 4.90 Å². The van der Waals surface area contributed by atoms with Gasteiger partial charge in [0.1, 0.15) is 6.17 Å². The zero-order chi connectivity index (χ0) is 26.1. The number of nitrogens with zero attached hydrogens (tertiary/aromatic N) is 3. The maximum atomic E-state index is 13.6. The van der Waals surface area contributed by atoms with Gasteiger partial charge in [0, 0.05) is 24.4 Å². The molecule has 0 bridgehead atoms. The molecule has 1 unspecified atom stereocenters. The van der Waals surface area contributed by atoms with Gasteiger partial charge in [-0.3, -0.25) is 14.7 Å². The lowest BCUT2D eigenvalue weighted by molar-refractivity contribution is -0.143. The maximum absolute atomic E-state index is 13.6. The summed E-state index contributed by atoms with van der Waals surface area (Å²) in [5.74, 6) is -0.271. The lowest BCUT2D eigenvalue weighted by Crippen LogP contribution is -2.54. The maximum Gasteiger partial charge on any atom is 0.416 e. The average molecular weight is 572 g/mol. The van der Waals surface area contributed by atoms with Gasteiger partial charge in [-0.05, 0) is 43.9 Å². The Bertz CT molecular complexity index is 942. The van der Waals surface area contributed by atoms with Crippen LogP contribution in [0, 0.1) is 0 Å². The first kappa shape index (κ1) is 29.9. The molecule has 0 spiro atoms. The number of alkyl halides is 6. The Morgan fingerprint density at radius 3 is 1.89 bits per heavy atom. The van der Waals surface area contributed by atoms with Crippen molar-refractivity contribution in [2.75, 3.05) is 10.7 Å². The van der Waals surface area contributed by atoms with Gasteiger partial charge in [-0.1, -0.05) is 50.3 Å². The largest absolute Gasteiger partial charge is 0.416 e. The fourth-order valence-corrected chi connectivity index (χ4v) is 6.75. The van der Waals surface area contributed by atoms with Gasteiger partial charge >= 0.3 is 12.4 Å². The zero-order valence-electron chi connectivity index (χ0n) is 20.6. The Labute approximate surface area is 223 Å². The van der Waals surface area contributed by atoms with Crippen LogP contribution in [0.2, 0.25) is 0 Å². The summed E-state index contributed by atoms with van der Waals surface area (Å²) >= 11 is 1.44. The third-order valence-electron chi connectivity index (χ3n) is 7.23. The van der Waals surface area contributed by atoms with Crippen LogP contribution in [0.5, 0.6) is 0 Å². The van der Waals surface area contributed by atoms with E-state index in [0.717, 1.165) is 67.9 Å². The summed E-state index contributed by atoms with van der Waals surface area (Å²) in [7, 11) is 0. The molecule has 2 saturated carbocycles. The summed E-state index contributed by atoms with van der Waals surface area (Å²) in [4.78, 5) is 21.0. The highest BCUT2D eigenvalue weighted by Gasteiger charge is 2.43. The minimum Gasteiger partial charge on any atom is -0.327 e. The first-order valence-electron chi connectivity index (χ1n) is 12.5. The predicted molar refractivity (Wildman–Crippen MR) is 136 cm³/mol. The Kier molecular flexibility index (Phi) is 9.75. The Morgan fingerprint density at radius 2 is 1.41 bits per heavy atom. The Hall–Kier alpha value is -1.62. The van der Waals surface area contributed by atoms with Gasteiger partial charge in [-0.15, -0.1) is 12.4 Å². The Balaban J connectivity index is 0.00000380. The van der Waals surface area contributed by atoms with Crippen LogP contribution in [-0.2, 0) is 17.1 Å². The second-order valence-corrected chi connectivity index (χ2v) is 10.8. The molecule has 1 amide bonds. The molecule has 1 atom stereocenters. The van der Waals surface area contributed by atoms with E-state index in [-0.39, 0.29) is 30.6 Å². The van der Waals surface area contributed by atoms with E-state index >= 15 is 0 Å². The number of aliphatic imine (C=N–C) groups is 1. The van der Waals surface area contributed by atoms with Crippen molar-refractivity contribution in [3.05, 3.63) is 29.3 Å². The normalized spacial score (nSPS) is 23.3. The van der Waals surface area contributed by atoms with Crippen molar-refractivity contribution in [1.82, 2.24) is 4.90 Å². The van der Waals surface area contributed by atoms with E-state index in [9.17, 15) is 31.1 Å². The van der Waals surface area contributed by atoms with Crippen LogP contribution in [0.4, 0.5) is 32.0 Å². The molecule has 3 aliphatic rings. The van der Waals surface area contributed by atoms with Crippen LogP contribution >= 0.6 is 24.2 Å². The van der Waals surface area contributed by atoms with E-state index in [1.54, 1.807) is 0 Å². The summed E-state index contributed by atoms with van der Waals surface area (Å²) < 4.78 is 81.4. The molecule has 1 aromatic rings. The third-order valence-corrected chi connectivity index (χ3v) is 8.27. The van der Waals surface area contributed by atoms with Crippen molar-refractivity contribution in [2.45, 2.75) is 102 Å². The van der Waals surface area contributed by atoms with E-state index in [1.165, 1.54) is 25.1 Å². The smallest absolute Gasteiger partial charge is 0.327 e. The lowest BCUT2D eigenvalue weighted by atomic mass is 9.94. The Morgan fingerprint density at radius 1 is 0.892 bits per heavy atom. The van der Waals surface area contributed by atoms with Gasteiger partial charge in [0.15, 0.2) is 5.17 Å². The topological polar surface area (TPSA) is 35.9 Å². The quantitative estimate of drug-likeness (QED) is 0.345. The number of anilines is 1. The van der Waals surface area contributed by atoms with Gasteiger partial charge in [0.25, 0.3) is 0 Å². The zero-order valence-corrected chi connectivity index (χ0v) is 22.2. The predicted octanol–water partition coefficient (Wildman–Crippen LogP) is 7.90. The molecule has 4 nitrogen and oxygen atoms in total. The van der Waals surface area contributed by atoms with Crippen LogP contribution < -0.4 is 4.90 Å². The number of rotatable bonds is 4. The fraction of sp³-hybridized carbons (Fsp3) is 0.680. The van der Waals surface area contributed by atoms with Crippen LogP contribution in [0.25, 0.3) is 0 Å². The number of hydrogen-bond donors (Lipinski definition) is 0. The van der Waals surface area contributed by atoms with Crippen LogP contribution in [0.15, 0.2) is 23.2 Å². The molecule has 1 aromatic carbocycles. The minimum absolute atomic E-state index is 0. The summed E-state index contributed by atoms with van der Waals surface area (Å²) in [6.45, 7) is 1.19. The van der Waals surface area contributed by atoms with E-state index in [4.69, 9.17) is 4.99 Å². The second kappa shape index (κ2) is 12.1. The van der Waals surface area contributed by atoms with E-state index in [1.807, 2.05) is 4.90 Å². The molecule has 208 valence electrons. The van der Waals surface area contributed by atoms with Crippen LogP contribution in [0.3, 0.4) is 0 Å². The highest BCUT2D eigenvalue weighted by molar-refractivity contribution is 8.14. The van der Waals surface area contributed by atoms with Crippen LogP contribution in [0.1, 0.15) is 82.3 Å². The summed E-state index contributed by atoms with van der Waals surface area (Å²) in [5.41, 5.74) is -3.25. The molecule has 1 heterocycles. The molecule has 0 radical (unpaired) electrons. The number of halogens is 7. The van der Waals surface area contributed by atoms with Gasteiger partial charge in [0.2, 0.25) is 5.91 Å². The number of carbonyl (C=O) groups excluding carboxylic acids is 1. The molecule has 0 N–H and O–H groups in total. The molecule has 0 aromatic heterocycles. The molecule has 2 aliphatic carbocycles. The van der Waals surface area contributed by atoms with Crippen molar-refractivity contribution < 1.29 is 31.1 Å². The highest BCUT2D eigenvalue weighted by Crippen LogP contribution is 2.41. The number of benzene rings is 1. The average Bonchev–Trinajstić information content (AvgIpc) is 3.21. The highest BCUT2D eigenvalue weighted by atomic mass is 35.5. The fourth-order valence-electron chi connectivity index (χ4n) is 5.50. The number of amidine groups is 1. The van der Waals surface area contributed by atoms with Crippen LogP contribution in [-0.4, -0.2) is 40.0 Å². The van der Waals surface area contributed by atoms with Crippen molar-refractivity contribution in [1.29, 1.82) is 0 Å². The van der Waals surface area contributed by atoms with E-state index in [2.05, 4.69) is 0 Å². The number of hydrogen-bond acceptors (Lipinski definition) is 3. The third kappa shape index (κ3) is 7.07. The summed E-state index contributed by atoms with van der Waals surface area (Å²) in [6, 6.07) is 1.59. The standard InChI is InChI=1S/C25H31F6N3OS.ClH/c1-16(35)33(21-13-17(24(26,27)28)12-18(14-21)25(29,30)31)22-15-36-23(32-19-8-4-2-5-9-19)34(22)20-10-6-3-7-11-20;/h12-14,19-20,22H,2-11,15H2,1H3;1H. The molecular weight excluding hydrogens is 540 g/mol.